The standard InChI is InChI=1S/C12H18N2O3S/c15-11(9-16-8-10-2-1-6-17-10)13-4-3-12-14-5-7-18-12/h5,7,10H,1-4,6,8-9H2,(H,13,15)/t10-/m0/s1. The molecule has 2 rings (SSSR count). The van der Waals surface area contributed by atoms with Crippen molar-refractivity contribution in [1.29, 1.82) is 0 Å². The predicted molar refractivity (Wildman–Crippen MR) is 68.6 cm³/mol. The van der Waals surface area contributed by atoms with Crippen molar-refractivity contribution in [3.05, 3.63) is 16.6 Å². The van der Waals surface area contributed by atoms with Gasteiger partial charge in [-0.15, -0.1) is 11.3 Å². The minimum absolute atomic E-state index is 0.0791. The lowest BCUT2D eigenvalue weighted by molar-refractivity contribution is -0.126. The molecule has 6 heteroatoms. The summed E-state index contributed by atoms with van der Waals surface area (Å²) in [6, 6.07) is 0. The van der Waals surface area contributed by atoms with E-state index in [4.69, 9.17) is 9.47 Å². The maximum Gasteiger partial charge on any atom is 0.246 e. The van der Waals surface area contributed by atoms with Gasteiger partial charge in [0.15, 0.2) is 0 Å². The van der Waals surface area contributed by atoms with E-state index in [1.165, 1.54) is 0 Å². The van der Waals surface area contributed by atoms with Gasteiger partial charge in [0, 0.05) is 31.1 Å². The smallest absolute Gasteiger partial charge is 0.246 e. The quantitative estimate of drug-likeness (QED) is 0.803. The van der Waals surface area contributed by atoms with Crippen molar-refractivity contribution in [1.82, 2.24) is 10.3 Å². The topological polar surface area (TPSA) is 60.5 Å². The Hall–Kier alpha value is -0.980. The second-order valence-electron chi connectivity index (χ2n) is 4.18. The van der Waals surface area contributed by atoms with Crippen molar-refractivity contribution >= 4 is 17.2 Å². The summed E-state index contributed by atoms with van der Waals surface area (Å²) in [5.74, 6) is -0.0791. The fourth-order valence-corrected chi connectivity index (χ4v) is 2.42. The van der Waals surface area contributed by atoms with Gasteiger partial charge in [0.25, 0.3) is 0 Å². The third kappa shape index (κ3) is 4.72. The van der Waals surface area contributed by atoms with Gasteiger partial charge in [0.1, 0.15) is 6.61 Å². The number of nitrogens with one attached hydrogen (secondary N) is 1. The van der Waals surface area contributed by atoms with E-state index < -0.39 is 0 Å². The van der Waals surface area contributed by atoms with Gasteiger partial charge in [-0.3, -0.25) is 4.79 Å². The molecule has 18 heavy (non-hydrogen) atoms. The highest BCUT2D eigenvalue weighted by molar-refractivity contribution is 7.09. The number of thiazole rings is 1. The normalized spacial score (nSPS) is 19.0. The molecule has 0 unspecified atom stereocenters. The highest BCUT2D eigenvalue weighted by Gasteiger charge is 2.15. The van der Waals surface area contributed by atoms with Gasteiger partial charge in [0.2, 0.25) is 5.91 Å². The molecule has 1 atom stereocenters. The molecule has 0 saturated carbocycles. The zero-order valence-electron chi connectivity index (χ0n) is 10.3. The van der Waals surface area contributed by atoms with Gasteiger partial charge in [-0.2, -0.15) is 0 Å². The monoisotopic (exact) mass is 270 g/mol. The van der Waals surface area contributed by atoms with Crippen LogP contribution in [0.15, 0.2) is 11.6 Å². The van der Waals surface area contributed by atoms with E-state index in [0.29, 0.717) is 13.2 Å². The third-order valence-corrected chi connectivity index (χ3v) is 3.54. The molecular weight excluding hydrogens is 252 g/mol. The molecule has 0 aromatic carbocycles. The van der Waals surface area contributed by atoms with Crippen LogP contribution < -0.4 is 5.32 Å². The first-order valence-electron chi connectivity index (χ1n) is 6.19. The van der Waals surface area contributed by atoms with Crippen molar-refractivity contribution in [3.63, 3.8) is 0 Å². The van der Waals surface area contributed by atoms with Gasteiger partial charge < -0.3 is 14.8 Å². The lowest BCUT2D eigenvalue weighted by Crippen LogP contribution is -2.30. The van der Waals surface area contributed by atoms with Gasteiger partial charge >= 0.3 is 0 Å². The van der Waals surface area contributed by atoms with Gasteiger partial charge in [-0.1, -0.05) is 0 Å². The molecular formula is C12H18N2O3S. The molecule has 0 bridgehead atoms. The maximum atomic E-state index is 11.5. The summed E-state index contributed by atoms with van der Waals surface area (Å²) in [7, 11) is 0. The molecule has 1 N–H and O–H groups in total. The number of carbonyl (C=O) groups excluding carboxylic acids is 1. The number of nitrogens with zero attached hydrogens (tertiary/aromatic N) is 1. The highest BCUT2D eigenvalue weighted by Crippen LogP contribution is 2.11. The van der Waals surface area contributed by atoms with Crippen LogP contribution in [0.25, 0.3) is 0 Å². The van der Waals surface area contributed by atoms with Crippen LogP contribution in [0.2, 0.25) is 0 Å². The van der Waals surface area contributed by atoms with Crippen molar-refractivity contribution in [2.45, 2.75) is 25.4 Å². The van der Waals surface area contributed by atoms with E-state index in [1.54, 1.807) is 17.5 Å². The average molecular weight is 270 g/mol. The van der Waals surface area contributed by atoms with Crippen LogP contribution in [-0.2, 0) is 20.7 Å². The molecule has 0 radical (unpaired) electrons. The summed E-state index contributed by atoms with van der Waals surface area (Å²) in [6.45, 7) is 2.04. The molecule has 1 aliphatic rings. The highest BCUT2D eigenvalue weighted by atomic mass is 32.1. The minimum atomic E-state index is -0.0791. The largest absolute Gasteiger partial charge is 0.376 e. The number of hydrogen-bond acceptors (Lipinski definition) is 5. The molecule has 1 amide bonds. The van der Waals surface area contributed by atoms with Crippen LogP contribution in [0.3, 0.4) is 0 Å². The number of ether oxygens (including phenoxy) is 2. The van der Waals surface area contributed by atoms with Crippen LogP contribution in [0.4, 0.5) is 0 Å². The van der Waals surface area contributed by atoms with E-state index >= 15 is 0 Å². The van der Waals surface area contributed by atoms with Gasteiger partial charge in [0.05, 0.1) is 17.7 Å². The Bertz CT molecular complexity index is 350. The SMILES string of the molecule is O=C(COC[C@@H]1CCCO1)NCCc1nccs1. The van der Waals surface area contributed by atoms with Gasteiger partial charge in [-0.25, -0.2) is 4.98 Å². The van der Waals surface area contributed by atoms with Crippen molar-refractivity contribution < 1.29 is 14.3 Å². The molecule has 100 valence electrons. The van der Waals surface area contributed by atoms with Gasteiger partial charge in [-0.05, 0) is 12.8 Å². The van der Waals surface area contributed by atoms with Crippen LogP contribution in [0, 0.1) is 0 Å². The number of amides is 1. The Labute approximate surface area is 111 Å². The predicted octanol–water partition coefficient (Wildman–Crippen LogP) is 0.997. The first-order chi connectivity index (χ1) is 8.84. The Morgan fingerprint density at radius 1 is 1.67 bits per heavy atom. The Kier molecular flexibility index (Phi) is 5.57. The van der Waals surface area contributed by atoms with Crippen LogP contribution >= 0.6 is 11.3 Å². The van der Waals surface area contributed by atoms with Crippen LogP contribution in [0.5, 0.6) is 0 Å². The maximum absolute atomic E-state index is 11.5. The molecule has 0 aliphatic carbocycles. The first kappa shape index (κ1) is 13.5. The second kappa shape index (κ2) is 7.45. The molecule has 1 saturated heterocycles. The number of carbonyl (C=O) groups is 1. The third-order valence-electron chi connectivity index (χ3n) is 2.71. The van der Waals surface area contributed by atoms with E-state index in [-0.39, 0.29) is 18.6 Å². The molecule has 2 heterocycles. The molecule has 5 nitrogen and oxygen atoms in total. The minimum Gasteiger partial charge on any atom is -0.376 e. The molecule has 1 aliphatic heterocycles. The Morgan fingerprint density at radius 3 is 3.33 bits per heavy atom. The van der Waals surface area contributed by atoms with E-state index in [0.717, 1.165) is 30.9 Å². The summed E-state index contributed by atoms with van der Waals surface area (Å²) in [4.78, 5) is 15.6. The zero-order chi connectivity index (χ0) is 12.6. The molecule has 0 spiro atoms. The number of aromatic nitrogens is 1. The summed E-state index contributed by atoms with van der Waals surface area (Å²) in [5.41, 5.74) is 0. The number of hydrogen-bond donors (Lipinski definition) is 1. The number of rotatable bonds is 7. The lowest BCUT2D eigenvalue weighted by atomic mass is 10.2. The second-order valence-corrected chi connectivity index (χ2v) is 5.16. The van der Waals surface area contributed by atoms with E-state index in [9.17, 15) is 4.79 Å². The first-order valence-corrected chi connectivity index (χ1v) is 7.07. The summed E-state index contributed by atoms with van der Waals surface area (Å²) in [5, 5.41) is 5.78. The van der Waals surface area contributed by atoms with E-state index in [1.807, 2.05) is 5.38 Å². The fraction of sp³-hybridized carbons (Fsp3) is 0.667. The molecule has 1 aromatic heterocycles. The fourth-order valence-electron chi connectivity index (χ4n) is 1.80. The molecule has 1 fully saturated rings. The van der Waals surface area contributed by atoms with Crippen molar-refractivity contribution in [2.24, 2.45) is 0 Å². The van der Waals surface area contributed by atoms with Crippen LogP contribution in [0.1, 0.15) is 17.8 Å². The van der Waals surface area contributed by atoms with E-state index in [2.05, 4.69) is 10.3 Å². The summed E-state index contributed by atoms with van der Waals surface area (Å²) < 4.78 is 10.7. The Morgan fingerprint density at radius 2 is 2.61 bits per heavy atom. The van der Waals surface area contributed by atoms with Crippen molar-refractivity contribution in [3.8, 4) is 0 Å². The molecule has 1 aromatic rings. The van der Waals surface area contributed by atoms with Crippen molar-refractivity contribution in [2.75, 3.05) is 26.4 Å². The lowest BCUT2D eigenvalue weighted by Gasteiger charge is -2.09. The summed E-state index contributed by atoms with van der Waals surface area (Å²) in [6.07, 6.45) is 4.84. The summed E-state index contributed by atoms with van der Waals surface area (Å²) >= 11 is 1.60. The average Bonchev–Trinajstić information content (AvgIpc) is 3.01. The zero-order valence-corrected chi connectivity index (χ0v) is 11.1. The Balaban J connectivity index is 1.49. The van der Waals surface area contributed by atoms with Crippen LogP contribution in [-0.4, -0.2) is 43.4 Å².